The summed E-state index contributed by atoms with van der Waals surface area (Å²) >= 11 is 0. The maximum Gasteiger partial charge on any atom is 2.00 e. The molecule has 2 unspecified atom stereocenters. The van der Waals surface area contributed by atoms with E-state index in [1.54, 1.807) is 0 Å². The van der Waals surface area contributed by atoms with Crippen LogP contribution in [-0.2, 0) is 52.4 Å². The summed E-state index contributed by atoms with van der Waals surface area (Å²) in [5.41, 5.74) is 19.7. The minimum atomic E-state index is 0. The minimum Gasteiger partial charge on any atom is -1.00 e. The van der Waals surface area contributed by atoms with Crippen LogP contribution in [-0.4, -0.2) is 0 Å². The molecule has 0 saturated heterocycles. The van der Waals surface area contributed by atoms with E-state index in [1.807, 2.05) is 24.3 Å². The predicted octanol–water partition coefficient (Wildman–Crippen LogP) is 8.58. The van der Waals surface area contributed by atoms with Gasteiger partial charge in [0.2, 0.25) is 0 Å². The van der Waals surface area contributed by atoms with Crippen molar-refractivity contribution in [3.05, 3.63) is 190 Å². The Morgan fingerprint density at radius 1 is 0.518 bits per heavy atom. The Morgan fingerprint density at radius 3 is 1.11 bits per heavy atom. The third-order valence-electron chi connectivity index (χ3n) is 11.7. The van der Waals surface area contributed by atoms with E-state index in [1.165, 1.54) is 77.9 Å². The SMILES string of the molecule is C=CCC1c2[c-]cccc2-c2ccccc21.C=CCC1c2[c-]cccc2-c2ccccc21.CC1=[C-]C(C)(C)C(C)=C1C.CC1=[C-]C(C)(C)C(C)=C1C.[Cl-].[Cl-].[Zr+2].[Zr+2]. The molecule has 4 heteroatoms. The van der Waals surface area contributed by atoms with Crippen LogP contribution in [0.15, 0.2) is 144 Å². The van der Waals surface area contributed by atoms with Gasteiger partial charge in [-0.05, 0) is 35.8 Å². The molecule has 0 nitrogen and oxygen atoms in total. The van der Waals surface area contributed by atoms with Gasteiger partial charge in [0.15, 0.2) is 0 Å². The topological polar surface area (TPSA) is 0 Å². The van der Waals surface area contributed by atoms with Crippen molar-refractivity contribution in [3.8, 4) is 22.3 Å². The number of rotatable bonds is 4. The molecular formula is C52H56Cl2Zr2-2. The van der Waals surface area contributed by atoms with Gasteiger partial charge in [-0.2, -0.15) is 70.8 Å². The molecule has 0 N–H and O–H groups in total. The maximum absolute atomic E-state index is 3.86. The van der Waals surface area contributed by atoms with E-state index in [-0.39, 0.29) is 88.1 Å². The smallest absolute Gasteiger partial charge is 1.00 e. The van der Waals surface area contributed by atoms with E-state index < -0.39 is 0 Å². The van der Waals surface area contributed by atoms with E-state index in [2.05, 4.69) is 179 Å². The molecule has 0 saturated carbocycles. The van der Waals surface area contributed by atoms with Crippen molar-refractivity contribution in [2.75, 3.05) is 0 Å². The fourth-order valence-corrected chi connectivity index (χ4v) is 7.98. The Morgan fingerprint density at radius 2 is 0.839 bits per heavy atom. The Kier molecular flexibility index (Phi) is 20.4. The Hall–Kier alpha value is -2.33. The number of hydrogen-bond acceptors (Lipinski definition) is 0. The fraction of sp³-hybridized carbons (Fsp3) is 0.308. The summed E-state index contributed by atoms with van der Waals surface area (Å²) in [7, 11) is 0. The molecule has 4 aliphatic rings. The van der Waals surface area contributed by atoms with Crippen molar-refractivity contribution in [2.45, 2.75) is 93.9 Å². The van der Waals surface area contributed by atoms with Gasteiger partial charge < -0.3 is 24.8 Å². The van der Waals surface area contributed by atoms with Gasteiger partial charge >= 0.3 is 52.4 Å². The van der Waals surface area contributed by atoms with E-state index in [4.69, 9.17) is 0 Å². The van der Waals surface area contributed by atoms with Crippen molar-refractivity contribution < 1.29 is 77.2 Å². The first-order valence-electron chi connectivity index (χ1n) is 18.7. The molecule has 0 fully saturated rings. The zero-order valence-corrected chi connectivity index (χ0v) is 41.4. The molecule has 288 valence electrons. The van der Waals surface area contributed by atoms with Crippen molar-refractivity contribution in [1.29, 1.82) is 0 Å². The van der Waals surface area contributed by atoms with Gasteiger partial charge in [0.1, 0.15) is 0 Å². The maximum atomic E-state index is 3.86. The molecule has 0 spiro atoms. The number of hydrogen-bond donors (Lipinski definition) is 0. The molecule has 0 heterocycles. The van der Waals surface area contributed by atoms with Crippen molar-refractivity contribution in [3.63, 3.8) is 0 Å². The molecule has 0 aromatic heterocycles. The summed E-state index contributed by atoms with van der Waals surface area (Å²) in [6.45, 7) is 29.6. The molecule has 0 radical (unpaired) electrons. The van der Waals surface area contributed by atoms with Gasteiger partial charge in [-0.3, -0.25) is 12.2 Å². The van der Waals surface area contributed by atoms with Gasteiger partial charge in [-0.1, -0.05) is 138 Å². The molecule has 8 rings (SSSR count). The molecular weight excluding hydrogens is 878 g/mol. The van der Waals surface area contributed by atoms with E-state index in [9.17, 15) is 0 Å². The summed E-state index contributed by atoms with van der Waals surface area (Å²) in [6, 6.07) is 36.5. The quantitative estimate of drug-likeness (QED) is 0.142. The number of benzene rings is 4. The molecule has 4 aromatic rings. The molecule has 0 amide bonds. The third kappa shape index (κ3) is 11.0. The van der Waals surface area contributed by atoms with Crippen LogP contribution >= 0.6 is 0 Å². The summed E-state index contributed by atoms with van der Waals surface area (Å²) in [5, 5.41) is 0. The van der Waals surface area contributed by atoms with Crippen LogP contribution in [0, 0.1) is 35.1 Å². The predicted molar refractivity (Wildman–Crippen MR) is 224 cm³/mol. The fourth-order valence-electron chi connectivity index (χ4n) is 7.98. The zero-order chi connectivity index (χ0) is 37.8. The largest absolute Gasteiger partial charge is 2.00 e. The standard InChI is InChI=1S/2C16H13.2C10H15.2ClH.2Zr/c2*1-2-7-12-13-8-3-5-10-15(13)16-11-6-4-9-14(12)16;2*1-7-6-10(4,5)9(3)8(7)2;;;;/h2*2-6,8,10-12H,1,7H2;2*1-5H3;2*1H;;/q4*-1;;;2*+2/p-2. The van der Waals surface area contributed by atoms with E-state index >= 15 is 0 Å². The molecule has 56 heavy (non-hydrogen) atoms. The Bertz CT molecular complexity index is 1860. The first-order chi connectivity index (χ1) is 24.7. The number of allylic oxidation sites excluding steroid dienone is 10. The van der Waals surface area contributed by atoms with Crippen LogP contribution in [0.2, 0.25) is 0 Å². The van der Waals surface area contributed by atoms with Crippen molar-refractivity contribution >= 4 is 0 Å². The van der Waals surface area contributed by atoms with E-state index in [0.717, 1.165) is 12.8 Å². The Balaban J connectivity index is 0.000000374. The first-order valence-corrected chi connectivity index (χ1v) is 18.7. The Labute approximate surface area is 390 Å². The van der Waals surface area contributed by atoms with Gasteiger partial charge in [0.05, 0.1) is 0 Å². The summed E-state index contributed by atoms with van der Waals surface area (Å²) < 4.78 is 0. The molecule has 0 bridgehead atoms. The summed E-state index contributed by atoms with van der Waals surface area (Å²) in [6.07, 6.45) is 12.8. The van der Waals surface area contributed by atoms with Crippen molar-refractivity contribution in [2.24, 2.45) is 10.8 Å². The number of fused-ring (bicyclic) bond motifs is 6. The number of halogens is 2. The normalized spacial score (nSPS) is 17.9. The summed E-state index contributed by atoms with van der Waals surface area (Å²) in [5.74, 6) is 0.898. The van der Waals surface area contributed by atoms with E-state index in [0.29, 0.717) is 11.8 Å². The van der Waals surface area contributed by atoms with Crippen LogP contribution in [0.25, 0.3) is 22.3 Å². The van der Waals surface area contributed by atoms with Crippen LogP contribution in [0.4, 0.5) is 0 Å². The monoisotopic (exact) mass is 930 g/mol. The van der Waals surface area contributed by atoms with Crippen LogP contribution in [0.5, 0.6) is 0 Å². The second-order valence-corrected chi connectivity index (χ2v) is 15.6. The first kappa shape index (κ1) is 51.7. The summed E-state index contributed by atoms with van der Waals surface area (Å²) in [4.78, 5) is 0. The van der Waals surface area contributed by atoms with Gasteiger partial charge in [0, 0.05) is 0 Å². The van der Waals surface area contributed by atoms with Gasteiger partial charge in [0.25, 0.3) is 0 Å². The zero-order valence-electron chi connectivity index (χ0n) is 35.0. The van der Waals surface area contributed by atoms with Gasteiger partial charge in [-0.25, -0.2) is 11.1 Å². The minimum absolute atomic E-state index is 0. The average Bonchev–Trinajstić information content (AvgIpc) is 3.75. The molecule has 0 aliphatic heterocycles. The van der Waals surface area contributed by atoms with Gasteiger partial charge in [-0.15, -0.1) is 49.3 Å². The van der Waals surface area contributed by atoms with Crippen molar-refractivity contribution in [1.82, 2.24) is 0 Å². The average molecular weight is 934 g/mol. The second-order valence-electron chi connectivity index (χ2n) is 15.6. The van der Waals surface area contributed by atoms with Crippen LogP contribution in [0.3, 0.4) is 0 Å². The molecule has 2 atom stereocenters. The molecule has 4 aliphatic carbocycles. The molecule has 4 aromatic carbocycles. The van der Waals surface area contributed by atoms with Crippen LogP contribution < -0.4 is 24.8 Å². The van der Waals surface area contributed by atoms with Crippen LogP contribution in [0.1, 0.15) is 116 Å². The second kappa shape index (κ2) is 22.2. The third-order valence-corrected chi connectivity index (χ3v) is 11.7.